The molecule has 0 bridgehead atoms. The van der Waals surface area contributed by atoms with Crippen molar-refractivity contribution in [1.82, 2.24) is 19.1 Å². The maximum atomic E-state index is 12.5. The van der Waals surface area contributed by atoms with Crippen molar-refractivity contribution in [3.8, 4) is 5.75 Å². The van der Waals surface area contributed by atoms with Gasteiger partial charge in [0.25, 0.3) is 5.56 Å². The van der Waals surface area contributed by atoms with Crippen LogP contribution in [-0.2, 0) is 0 Å². The molecule has 7 nitrogen and oxygen atoms in total. The highest BCUT2D eigenvalue weighted by molar-refractivity contribution is 7.97. The predicted octanol–water partition coefficient (Wildman–Crippen LogP) is 2.93. The Morgan fingerprint density at radius 1 is 1.30 bits per heavy atom. The Morgan fingerprint density at radius 2 is 2.04 bits per heavy atom. The molecule has 3 rings (SSSR count). The molecular weight excluding hydrogens is 376 g/mol. The number of anilines is 1. The lowest BCUT2D eigenvalue weighted by Gasteiger charge is -2.31. The van der Waals surface area contributed by atoms with Gasteiger partial charge in [-0.3, -0.25) is 4.79 Å². The number of piperidine rings is 1. The lowest BCUT2D eigenvalue weighted by Crippen LogP contribution is -2.36. The Balaban J connectivity index is 1.58. The molecule has 1 N–H and O–H groups in total. The van der Waals surface area contributed by atoms with Gasteiger partial charge in [0.05, 0.1) is 24.1 Å². The fourth-order valence-electron chi connectivity index (χ4n) is 2.97. The number of hydrogen-bond donors (Lipinski definition) is 1. The highest BCUT2D eigenvalue weighted by Gasteiger charge is 2.24. The van der Waals surface area contributed by atoms with Crippen molar-refractivity contribution in [2.45, 2.75) is 37.4 Å². The van der Waals surface area contributed by atoms with E-state index in [0.717, 1.165) is 31.6 Å². The van der Waals surface area contributed by atoms with Crippen molar-refractivity contribution < 1.29 is 13.5 Å². The summed E-state index contributed by atoms with van der Waals surface area (Å²) in [6, 6.07) is 3.19. The van der Waals surface area contributed by atoms with E-state index in [-0.39, 0.29) is 17.4 Å². The number of pyridine rings is 1. The minimum absolute atomic E-state index is 0.0406. The Labute approximate surface area is 159 Å². The molecular formula is C17H21F2N5O2S. The van der Waals surface area contributed by atoms with E-state index < -0.39 is 6.61 Å². The Hall–Kier alpha value is -2.20. The summed E-state index contributed by atoms with van der Waals surface area (Å²) in [5, 5.41) is 7.98. The molecule has 1 aliphatic rings. The number of rotatable bonds is 6. The van der Waals surface area contributed by atoms with E-state index in [4.69, 9.17) is 0 Å². The Morgan fingerprint density at radius 3 is 2.63 bits per heavy atom. The van der Waals surface area contributed by atoms with E-state index in [2.05, 4.69) is 24.4 Å². The number of ether oxygens (including phenoxy) is 1. The molecule has 2 aromatic heterocycles. The smallest absolute Gasteiger partial charge is 0.387 e. The van der Waals surface area contributed by atoms with Gasteiger partial charge in [-0.1, -0.05) is 0 Å². The van der Waals surface area contributed by atoms with Crippen LogP contribution in [0.5, 0.6) is 5.75 Å². The van der Waals surface area contributed by atoms with Gasteiger partial charge in [0.15, 0.2) is 0 Å². The van der Waals surface area contributed by atoms with Gasteiger partial charge >= 0.3 is 6.61 Å². The number of hydrogen-bond acceptors (Lipinski definition) is 7. The summed E-state index contributed by atoms with van der Waals surface area (Å²) in [5.41, 5.74) is 1.35. The first-order valence-corrected chi connectivity index (χ1v) is 9.35. The largest absolute Gasteiger partial charge is 0.433 e. The number of halogens is 2. The second kappa shape index (κ2) is 8.66. The quantitative estimate of drug-likeness (QED) is 0.752. The molecule has 27 heavy (non-hydrogen) atoms. The van der Waals surface area contributed by atoms with Crippen molar-refractivity contribution in [3.05, 3.63) is 40.4 Å². The highest BCUT2D eigenvalue weighted by atomic mass is 32.2. The molecule has 10 heteroatoms. The molecule has 3 heterocycles. The normalized spacial score (nSPS) is 15.9. The van der Waals surface area contributed by atoms with Crippen LogP contribution in [0.2, 0.25) is 0 Å². The lowest BCUT2D eigenvalue weighted by molar-refractivity contribution is -0.0501. The molecule has 146 valence electrons. The molecule has 0 saturated carbocycles. The molecule has 1 fully saturated rings. The van der Waals surface area contributed by atoms with Gasteiger partial charge in [0.2, 0.25) is 0 Å². The molecule has 0 amide bonds. The highest BCUT2D eigenvalue weighted by Crippen LogP contribution is 2.29. The molecule has 0 unspecified atom stereocenters. The molecule has 0 atom stereocenters. The van der Waals surface area contributed by atoms with E-state index in [1.807, 2.05) is 0 Å². The second-order valence-electron chi connectivity index (χ2n) is 6.15. The molecule has 1 saturated heterocycles. The predicted molar refractivity (Wildman–Crippen MR) is 99.4 cm³/mol. The van der Waals surface area contributed by atoms with Gasteiger partial charge in [-0.25, -0.2) is 14.0 Å². The number of nitrogens with zero attached hydrogens (tertiary/aromatic N) is 4. The van der Waals surface area contributed by atoms with Crippen LogP contribution in [0.1, 0.15) is 24.4 Å². The Kier molecular flexibility index (Phi) is 6.27. The van der Waals surface area contributed by atoms with E-state index >= 15 is 0 Å². The number of nitrogens with one attached hydrogen (secondary N) is 1. The summed E-state index contributed by atoms with van der Waals surface area (Å²) >= 11 is 1.46. The maximum Gasteiger partial charge on any atom is 0.387 e. The molecule has 0 aromatic carbocycles. The van der Waals surface area contributed by atoms with Crippen LogP contribution in [0.15, 0.2) is 34.3 Å². The van der Waals surface area contributed by atoms with Crippen LogP contribution in [0.4, 0.5) is 14.5 Å². The summed E-state index contributed by atoms with van der Waals surface area (Å²) < 4.78 is 32.4. The summed E-state index contributed by atoms with van der Waals surface area (Å²) in [6.07, 6.45) is 4.57. The van der Waals surface area contributed by atoms with Gasteiger partial charge in [-0.05, 0) is 43.8 Å². The molecule has 0 spiro atoms. The average molecular weight is 397 g/mol. The van der Waals surface area contributed by atoms with Crippen LogP contribution >= 0.6 is 11.9 Å². The second-order valence-corrected chi connectivity index (χ2v) is 7.26. The van der Waals surface area contributed by atoms with Gasteiger partial charge in [0, 0.05) is 25.7 Å². The zero-order valence-corrected chi connectivity index (χ0v) is 15.9. The van der Waals surface area contributed by atoms with Crippen LogP contribution in [-0.4, -0.2) is 45.8 Å². The van der Waals surface area contributed by atoms with Crippen LogP contribution in [0.25, 0.3) is 0 Å². The average Bonchev–Trinajstić information content (AvgIpc) is 2.66. The van der Waals surface area contributed by atoms with Crippen molar-refractivity contribution in [1.29, 1.82) is 0 Å². The van der Waals surface area contributed by atoms with Crippen LogP contribution in [0, 0.1) is 6.92 Å². The molecule has 2 aromatic rings. The molecule has 1 aliphatic heterocycles. The fraction of sp³-hybridized carbons (Fsp3) is 0.471. The van der Waals surface area contributed by atoms with E-state index in [0.29, 0.717) is 10.6 Å². The van der Waals surface area contributed by atoms with Gasteiger partial charge < -0.3 is 10.1 Å². The van der Waals surface area contributed by atoms with E-state index in [1.165, 1.54) is 24.2 Å². The summed E-state index contributed by atoms with van der Waals surface area (Å²) in [6.45, 7) is 0.484. The zero-order chi connectivity index (χ0) is 19.4. The third-order valence-electron chi connectivity index (χ3n) is 4.44. The maximum absolute atomic E-state index is 12.5. The summed E-state index contributed by atoms with van der Waals surface area (Å²) in [4.78, 5) is 16.6. The minimum atomic E-state index is -2.85. The standard InChI is InChI=1S/C17H21F2N5O2S/c1-11-14(20-2)10-22-24(16(11)25)12-5-7-23(8-6-12)27-15-4-3-13(9-21-15)26-17(18)19/h3-4,9-10,12,17,20H,5-8H2,1-2H3. The van der Waals surface area contributed by atoms with Crippen LogP contribution in [0.3, 0.4) is 0 Å². The third-order valence-corrected chi connectivity index (χ3v) is 5.49. The van der Waals surface area contributed by atoms with Crippen molar-refractivity contribution in [2.75, 3.05) is 25.5 Å². The summed E-state index contributed by atoms with van der Waals surface area (Å²) in [5.74, 6) is 0.0406. The monoisotopic (exact) mass is 397 g/mol. The van der Waals surface area contributed by atoms with Crippen molar-refractivity contribution in [3.63, 3.8) is 0 Å². The van der Waals surface area contributed by atoms with E-state index in [1.54, 1.807) is 30.9 Å². The summed E-state index contributed by atoms with van der Waals surface area (Å²) in [7, 11) is 1.77. The Bertz CT molecular complexity index is 823. The topological polar surface area (TPSA) is 72.3 Å². The minimum Gasteiger partial charge on any atom is -0.433 e. The first-order valence-electron chi connectivity index (χ1n) is 8.58. The van der Waals surface area contributed by atoms with E-state index in [9.17, 15) is 13.6 Å². The lowest BCUT2D eigenvalue weighted by atomic mass is 10.1. The van der Waals surface area contributed by atoms with Crippen molar-refractivity contribution >= 4 is 17.6 Å². The number of aromatic nitrogens is 3. The van der Waals surface area contributed by atoms with Crippen LogP contribution < -0.4 is 15.6 Å². The van der Waals surface area contributed by atoms with Gasteiger partial charge in [0.1, 0.15) is 10.8 Å². The van der Waals surface area contributed by atoms with Crippen molar-refractivity contribution in [2.24, 2.45) is 0 Å². The zero-order valence-electron chi connectivity index (χ0n) is 15.1. The first kappa shape index (κ1) is 19.6. The molecule has 0 radical (unpaired) electrons. The SMILES string of the molecule is CNc1cnn(C2CCN(Sc3ccc(OC(F)F)cn3)CC2)c(=O)c1C. The van der Waals surface area contributed by atoms with Gasteiger partial charge in [-0.2, -0.15) is 13.9 Å². The molecule has 0 aliphatic carbocycles. The fourth-order valence-corrected chi connectivity index (χ4v) is 3.86. The third kappa shape index (κ3) is 4.75. The number of alkyl halides is 2. The first-order chi connectivity index (χ1) is 13.0. The van der Waals surface area contributed by atoms with Gasteiger partial charge in [-0.15, -0.1) is 0 Å².